The number of rotatable bonds is 2. The summed E-state index contributed by atoms with van der Waals surface area (Å²) in [7, 11) is 1.97. The molecule has 0 bridgehead atoms. The van der Waals surface area contributed by atoms with Crippen LogP contribution in [0.15, 0.2) is 61.1 Å². The molecule has 0 aliphatic carbocycles. The molecule has 0 spiro atoms. The average Bonchev–Trinajstić information content (AvgIpc) is 2.62. The first-order chi connectivity index (χ1) is 11.7. The number of nitrogens with zero attached hydrogens (tertiary/aromatic N) is 3. The van der Waals surface area contributed by atoms with Gasteiger partial charge in [0, 0.05) is 41.1 Å². The molecule has 3 nitrogen and oxygen atoms in total. The van der Waals surface area contributed by atoms with Crippen LogP contribution in [0.5, 0.6) is 0 Å². The summed E-state index contributed by atoms with van der Waals surface area (Å²) in [6.07, 6.45) is 3.48. The third kappa shape index (κ3) is 3.77. The first-order valence-corrected chi connectivity index (χ1v) is 7.83. The van der Waals surface area contributed by atoms with Gasteiger partial charge in [0.1, 0.15) is 0 Å². The molecule has 5 heteroatoms. The van der Waals surface area contributed by atoms with Gasteiger partial charge in [-0.05, 0) is 5.10 Å². The van der Waals surface area contributed by atoms with Crippen LogP contribution in [0.25, 0.3) is 33.2 Å². The molecule has 0 saturated heterocycles. The Morgan fingerprint density at radius 1 is 0.962 bits per heavy atom. The SMILES string of the molecule is Cc1ccc(-c2[c-]ccc3ccccc23)[c-]c1-c1cnnc[n+]1C.[B].[Y]. The van der Waals surface area contributed by atoms with E-state index >= 15 is 0 Å². The van der Waals surface area contributed by atoms with Crippen molar-refractivity contribution in [1.82, 2.24) is 10.2 Å². The van der Waals surface area contributed by atoms with Crippen molar-refractivity contribution in [2.75, 3.05) is 0 Å². The van der Waals surface area contributed by atoms with Crippen molar-refractivity contribution in [3.05, 3.63) is 78.8 Å². The van der Waals surface area contributed by atoms with Gasteiger partial charge in [0.2, 0.25) is 0 Å². The van der Waals surface area contributed by atoms with Crippen molar-refractivity contribution >= 4 is 19.2 Å². The van der Waals surface area contributed by atoms with Gasteiger partial charge < -0.3 is 0 Å². The first kappa shape index (κ1) is 20.4. The quantitative estimate of drug-likeness (QED) is 0.289. The Balaban J connectivity index is 0.00000121. The molecule has 0 atom stereocenters. The topological polar surface area (TPSA) is 29.7 Å². The predicted octanol–water partition coefficient (Wildman–Crippen LogP) is 3.31. The van der Waals surface area contributed by atoms with Gasteiger partial charge >= 0.3 is 6.33 Å². The standard InChI is InChI=1S/C21H16N3.B.Y/c1-15-10-11-17(12-20(15)21-13-22-23-14-24(21)2)19-9-5-7-16-6-3-4-8-18(16)19;;/h3-8,10-11,13-14H,1-2H3;;/q-1;;. The molecule has 0 aliphatic heterocycles. The molecule has 4 aromatic rings. The second-order valence-electron chi connectivity index (χ2n) is 5.84. The summed E-state index contributed by atoms with van der Waals surface area (Å²) >= 11 is 0. The van der Waals surface area contributed by atoms with Gasteiger partial charge in [0.25, 0.3) is 0 Å². The van der Waals surface area contributed by atoms with Gasteiger partial charge in [-0.1, -0.05) is 30.7 Å². The zero-order valence-corrected chi connectivity index (χ0v) is 17.6. The van der Waals surface area contributed by atoms with E-state index in [2.05, 4.69) is 71.7 Å². The molecule has 0 amide bonds. The Morgan fingerprint density at radius 2 is 1.77 bits per heavy atom. The fourth-order valence-electron chi connectivity index (χ4n) is 2.95. The van der Waals surface area contributed by atoms with Crippen LogP contribution in [0.3, 0.4) is 0 Å². The number of aryl methyl sites for hydroxylation is 2. The van der Waals surface area contributed by atoms with Gasteiger partial charge in [-0.2, -0.15) is 29.8 Å². The molecule has 0 unspecified atom stereocenters. The van der Waals surface area contributed by atoms with Gasteiger partial charge in [-0.25, -0.2) is 5.56 Å². The Labute approximate surface area is 181 Å². The zero-order valence-electron chi connectivity index (χ0n) is 14.8. The largest absolute Gasteiger partial charge is 0.308 e. The van der Waals surface area contributed by atoms with Crippen molar-refractivity contribution in [3.8, 4) is 22.4 Å². The molecule has 1 heterocycles. The molecule has 1 aromatic heterocycles. The van der Waals surface area contributed by atoms with Gasteiger partial charge in [-0.3, -0.25) is 4.57 Å². The molecule has 0 saturated carbocycles. The van der Waals surface area contributed by atoms with E-state index in [4.69, 9.17) is 0 Å². The summed E-state index contributed by atoms with van der Waals surface area (Å²) < 4.78 is 1.96. The molecule has 4 radical (unpaired) electrons. The summed E-state index contributed by atoms with van der Waals surface area (Å²) in [6.45, 7) is 2.09. The molecule has 3 aromatic carbocycles. The summed E-state index contributed by atoms with van der Waals surface area (Å²) in [6, 6.07) is 23.6. The molecular weight excluding hydrogens is 394 g/mol. The van der Waals surface area contributed by atoms with Crippen LogP contribution in [0, 0.1) is 19.1 Å². The van der Waals surface area contributed by atoms with Crippen molar-refractivity contribution in [3.63, 3.8) is 0 Å². The van der Waals surface area contributed by atoms with E-state index in [0.717, 1.165) is 27.9 Å². The summed E-state index contributed by atoms with van der Waals surface area (Å²) in [5.41, 5.74) is 5.28. The second kappa shape index (κ2) is 8.66. The maximum absolute atomic E-state index is 4.02. The van der Waals surface area contributed by atoms with E-state index in [1.54, 1.807) is 12.5 Å². The minimum Gasteiger partial charge on any atom is -0.262 e. The van der Waals surface area contributed by atoms with Crippen molar-refractivity contribution < 1.29 is 37.3 Å². The maximum Gasteiger partial charge on any atom is 0.308 e. The van der Waals surface area contributed by atoms with E-state index in [9.17, 15) is 0 Å². The second-order valence-corrected chi connectivity index (χ2v) is 5.84. The Morgan fingerprint density at radius 3 is 2.58 bits per heavy atom. The molecule has 26 heavy (non-hydrogen) atoms. The van der Waals surface area contributed by atoms with E-state index in [1.807, 2.05) is 17.7 Å². The van der Waals surface area contributed by atoms with Gasteiger partial charge in [0.15, 0.2) is 0 Å². The molecule has 0 aliphatic rings. The Bertz CT molecular complexity index is 1040. The molecular formula is C21H16BN3Y-. The Hall–Kier alpha value is -1.90. The predicted molar refractivity (Wildman–Crippen MR) is 99.7 cm³/mol. The molecule has 4 rings (SSSR count). The van der Waals surface area contributed by atoms with Gasteiger partial charge in [0.05, 0.1) is 24.0 Å². The van der Waals surface area contributed by atoms with Crippen LogP contribution >= 0.6 is 0 Å². The fraction of sp³-hybridized carbons (Fsp3) is 0.0952. The number of benzene rings is 3. The smallest absolute Gasteiger partial charge is 0.262 e. The van der Waals surface area contributed by atoms with Crippen LogP contribution in [-0.2, 0) is 39.8 Å². The van der Waals surface area contributed by atoms with Crippen LogP contribution in [0.1, 0.15) is 5.56 Å². The molecule has 0 N–H and O–H groups in total. The molecule has 122 valence electrons. The van der Waals surface area contributed by atoms with Crippen LogP contribution < -0.4 is 4.57 Å². The van der Waals surface area contributed by atoms with Gasteiger partial charge in [-0.15, -0.1) is 34.5 Å². The minimum atomic E-state index is 0. The van der Waals surface area contributed by atoms with E-state index in [1.165, 1.54) is 10.8 Å². The van der Waals surface area contributed by atoms with Crippen LogP contribution in [0.4, 0.5) is 0 Å². The minimum absolute atomic E-state index is 0. The Kier molecular flexibility index (Phi) is 6.80. The number of hydrogen-bond donors (Lipinski definition) is 0. The molecule has 0 fully saturated rings. The zero-order chi connectivity index (χ0) is 16.5. The van der Waals surface area contributed by atoms with Crippen molar-refractivity contribution in [2.45, 2.75) is 6.92 Å². The van der Waals surface area contributed by atoms with Crippen molar-refractivity contribution in [1.29, 1.82) is 0 Å². The first-order valence-electron chi connectivity index (χ1n) is 7.83. The normalized spacial score (nSPS) is 10.1. The summed E-state index contributed by atoms with van der Waals surface area (Å²) in [4.78, 5) is 0. The van der Waals surface area contributed by atoms with E-state index in [-0.39, 0.29) is 41.1 Å². The summed E-state index contributed by atoms with van der Waals surface area (Å²) in [5.74, 6) is 0. The number of fused-ring (bicyclic) bond motifs is 1. The average molecular weight is 410 g/mol. The summed E-state index contributed by atoms with van der Waals surface area (Å²) in [5, 5.41) is 10.3. The fourth-order valence-corrected chi connectivity index (χ4v) is 2.95. The van der Waals surface area contributed by atoms with Crippen molar-refractivity contribution in [2.24, 2.45) is 7.05 Å². The number of hydrogen-bond acceptors (Lipinski definition) is 2. The maximum atomic E-state index is 4.02. The van der Waals surface area contributed by atoms with E-state index < -0.39 is 0 Å². The number of aromatic nitrogens is 3. The van der Waals surface area contributed by atoms with Crippen LogP contribution in [0.2, 0.25) is 0 Å². The third-order valence-electron chi connectivity index (χ3n) is 4.25. The monoisotopic (exact) mass is 410 g/mol. The van der Waals surface area contributed by atoms with E-state index in [0.29, 0.717) is 0 Å². The third-order valence-corrected chi connectivity index (χ3v) is 4.25. The van der Waals surface area contributed by atoms with Crippen LogP contribution in [-0.4, -0.2) is 18.6 Å².